The van der Waals surface area contributed by atoms with E-state index in [0.717, 1.165) is 47.9 Å². The van der Waals surface area contributed by atoms with Gasteiger partial charge in [-0.05, 0) is 67.9 Å². The van der Waals surface area contributed by atoms with Crippen molar-refractivity contribution in [3.63, 3.8) is 0 Å². The molecule has 0 N–H and O–H groups in total. The molecule has 3 heterocycles. The molecule has 0 saturated carbocycles. The molecule has 1 aromatic carbocycles. The predicted octanol–water partition coefficient (Wildman–Crippen LogP) is 5.74. The molecule has 36 heavy (non-hydrogen) atoms. The number of halogens is 1. The quantitative estimate of drug-likeness (QED) is 0.234. The monoisotopic (exact) mass is 541 g/mol. The van der Waals surface area contributed by atoms with E-state index in [1.807, 2.05) is 0 Å². The van der Waals surface area contributed by atoms with Crippen molar-refractivity contribution in [3.8, 4) is 0 Å². The summed E-state index contributed by atoms with van der Waals surface area (Å²) in [5.74, 6) is 0.0370. The number of fused-ring (bicyclic) bond motifs is 3. The Kier molecular flexibility index (Phi) is 7.37. The van der Waals surface area contributed by atoms with E-state index in [0.29, 0.717) is 41.2 Å². The number of aromatic nitrogens is 2. The van der Waals surface area contributed by atoms with Crippen LogP contribution in [0.25, 0.3) is 10.2 Å². The molecule has 3 aromatic rings. The fraction of sp³-hybridized carbons (Fsp3) is 0.407. The summed E-state index contributed by atoms with van der Waals surface area (Å²) >= 11 is 8.87. The summed E-state index contributed by atoms with van der Waals surface area (Å²) in [7, 11) is 0. The molecule has 1 saturated heterocycles. The summed E-state index contributed by atoms with van der Waals surface area (Å²) in [5, 5.41) is 1.27. The average molecular weight is 542 g/mol. The molecule has 2 aliphatic rings. The molecule has 0 spiro atoms. The van der Waals surface area contributed by atoms with E-state index in [1.54, 1.807) is 46.2 Å². The SMILES string of the molecule is C=CCn1c(SC2CCCCN(C(=O)c3ccc(Cl)cc3)C2=O)nc2sc3c(c2c1=O)CCC(C)C3. The van der Waals surface area contributed by atoms with Crippen LogP contribution in [0.2, 0.25) is 5.02 Å². The molecule has 1 aliphatic carbocycles. The summed E-state index contributed by atoms with van der Waals surface area (Å²) in [6.45, 7) is 6.77. The molecule has 0 bridgehead atoms. The number of thioether (sulfide) groups is 1. The average Bonchev–Trinajstić information content (AvgIpc) is 3.12. The number of thiophene rings is 1. The van der Waals surface area contributed by atoms with E-state index in [-0.39, 0.29) is 17.4 Å². The molecular formula is C27H28ClN3O3S2. The number of hydrogen-bond acceptors (Lipinski definition) is 6. The van der Waals surface area contributed by atoms with E-state index in [1.165, 1.54) is 21.5 Å². The second kappa shape index (κ2) is 10.5. The van der Waals surface area contributed by atoms with Crippen molar-refractivity contribution >= 4 is 56.7 Å². The van der Waals surface area contributed by atoms with Gasteiger partial charge in [-0.3, -0.25) is 23.9 Å². The molecular weight excluding hydrogens is 514 g/mol. The molecule has 5 rings (SSSR count). The van der Waals surface area contributed by atoms with Crippen molar-refractivity contribution in [2.45, 2.75) is 62.4 Å². The van der Waals surface area contributed by atoms with E-state index < -0.39 is 5.25 Å². The predicted molar refractivity (Wildman–Crippen MR) is 146 cm³/mol. The lowest BCUT2D eigenvalue weighted by Gasteiger charge is -2.23. The van der Waals surface area contributed by atoms with Crippen molar-refractivity contribution in [1.82, 2.24) is 14.5 Å². The van der Waals surface area contributed by atoms with Crippen LogP contribution < -0.4 is 5.56 Å². The highest BCUT2D eigenvalue weighted by Gasteiger charge is 2.34. The largest absolute Gasteiger partial charge is 0.283 e. The topological polar surface area (TPSA) is 72.3 Å². The number of amides is 2. The minimum absolute atomic E-state index is 0.0652. The highest BCUT2D eigenvalue weighted by molar-refractivity contribution is 8.00. The maximum atomic E-state index is 13.6. The molecule has 1 aliphatic heterocycles. The third-order valence-electron chi connectivity index (χ3n) is 6.92. The highest BCUT2D eigenvalue weighted by atomic mass is 35.5. The zero-order chi connectivity index (χ0) is 25.4. The van der Waals surface area contributed by atoms with E-state index in [4.69, 9.17) is 16.6 Å². The van der Waals surface area contributed by atoms with Gasteiger partial charge in [-0.15, -0.1) is 17.9 Å². The Labute approximate surface area is 223 Å². The first-order valence-corrected chi connectivity index (χ1v) is 14.4. The molecule has 188 valence electrons. The second-order valence-corrected chi connectivity index (χ2v) is 12.2. The molecule has 9 heteroatoms. The van der Waals surface area contributed by atoms with Crippen LogP contribution in [0.15, 0.2) is 46.9 Å². The molecule has 1 fully saturated rings. The molecule has 2 aromatic heterocycles. The Morgan fingerprint density at radius 1 is 1.25 bits per heavy atom. The Hall–Kier alpha value is -2.42. The van der Waals surface area contributed by atoms with Crippen LogP contribution in [0.1, 0.15) is 53.4 Å². The van der Waals surface area contributed by atoms with Gasteiger partial charge in [0, 0.05) is 28.6 Å². The number of aryl methyl sites for hydroxylation is 1. The normalized spacial score (nSPS) is 20.3. The number of imide groups is 1. The van der Waals surface area contributed by atoms with Crippen molar-refractivity contribution in [1.29, 1.82) is 0 Å². The van der Waals surface area contributed by atoms with Crippen molar-refractivity contribution in [2.24, 2.45) is 5.92 Å². The summed E-state index contributed by atoms with van der Waals surface area (Å²) in [6, 6.07) is 6.58. The number of nitrogens with zero attached hydrogens (tertiary/aromatic N) is 3. The van der Waals surface area contributed by atoms with Gasteiger partial charge in [0.05, 0.1) is 10.6 Å². The Balaban J connectivity index is 1.49. The lowest BCUT2D eigenvalue weighted by Crippen LogP contribution is -2.41. The van der Waals surface area contributed by atoms with E-state index >= 15 is 0 Å². The lowest BCUT2D eigenvalue weighted by atomic mass is 9.89. The van der Waals surface area contributed by atoms with Gasteiger partial charge in [0.1, 0.15) is 4.83 Å². The summed E-state index contributed by atoms with van der Waals surface area (Å²) < 4.78 is 1.63. The van der Waals surface area contributed by atoms with Gasteiger partial charge in [0.15, 0.2) is 5.16 Å². The van der Waals surface area contributed by atoms with Crippen molar-refractivity contribution < 1.29 is 9.59 Å². The molecule has 6 nitrogen and oxygen atoms in total. The van der Waals surface area contributed by atoms with E-state index in [9.17, 15) is 14.4 Å². The number of carbonyl (C=O) groups excluding carboxylic acids is 2. The fourth-order valence-electron chi connectivity index (χ4n) is 4.98. The van der Waals surface area contributed by atoms with Gasteiger partial charge in [0.2, 0.25) is 5.91 Å². The highest BCUT2D eigenvalue weighted by Crippen LogP contribution is 2.37. The smallest absolute Gasteiger partial charge is 0.263 e. The minimum atomic E-state index is -0.501. The van der Waals surface area contributed by atoms with E-state index in [2.05, 4.69) is 13.5 Å². The summed E-state index contributed by atoms with van der Waals surface area (Å²) in [6.07, 6.45) is 6.81. The minimum Gasteiger partial charge on any atom is -0.283 e. The molecule has 0 radical (unpaired) electrons. The zero-order valence-electron chi connectivity index (χ0n) is 20.2. The molecule has 2 amide bonds. The Morgan fingerprint density at radius 3 is 2.78 bits per heavy atom. The van der Waals surface area contributed by atoms with Crippen LogP contribution in [0.5, 0.6) is 0 Å². The van der Waals surface area contributed by atoms with Crippen LogP contribution in [-0.4, -0.2) is 38.1 Å². The molecule has 2 atom stereocenters. The van der Waals surface area contributed by atoms with Crippen LogP contribution in [0.4, 0.5) is 0 Å². The number of rotatable bonds is 5. The number of likely N-dealkylation sites (tertiary alicyclic amines) is 1. The van der Waals surface area contributed by atoms with Gasteiger partial charge < -0.3 is 0 Å². The number of benzene rings is 1. The van der Waals surface area contributed by atoms with Gasteiger partial charge in [-0.2, -0.15) is 0 Å². The third-order valence-corrected chi connectivity index (χ3v) is 9.56. The maximum absolute atomic E-state index is 13.6. The van der Waals surface area contributed by atoms with Gasteiger partial charge in [-0.1, -0.05) is 42.8 Å². The third kappa shape index (κ3) is 4.78. The first kappa shape index (κ1) is 25.2. The zero-order valence-corrected chi connectivity index (χ0v) is 22.6. The van der Waals surface area contributed by atoms with Crippen LogP contribution >= 0.6 is 34.7 Å². The second-order valence-electron chi connectivity index (χ2n) is 9.53. The maximum Gasteiger partial charge on any atom is 0.263 e. The van der Waals surface area contributed by atoms with Crippen LogP contribution in [0, 0.1) is 5.92 Å². The summed E-state index contributed by atoms with van der Waals surface area (Å²) in [4.78, 5) is 48.6. The van der Waals surface area contributed by atoms with Gasteiger partial charge in [-0.25, -0.2) is 4.98 Å². The summed E-state index contributed by atoms with van der Waals surface area (Å²) in [5.41, 5.74) is 1.51. The first-order chi connectivity index (χ1) is 17.4. The molecule has 2 unspecified atom stereocenters. The van der Waals surface area contributed by atoms with Crippen LogP contribution in [-0.2, 0) is 24.2 Å². The standard InChI is InChI=1S/C27H28ClN3O3S2/c1-3-13-31-26(34)22-19-12-7-16(2)15-21(19)35-23(22)29-27(31)36-20-6-4-5-14-30(25(20)33)24(32)17-8-10-18(28)11-9-17/h3,8-11,16,20H,1,4-7,12-15H2,2H3. The first-order valence-electron chi connectivity index (χ1n) is 12.3. The number of allylic oxidation sites excluding steroid dienone is 1. The van der Waals surface area contributed by atoms with Crippen LogP contribution in [0.3, 0.4) is 0 Å². The lowest BCUT2D eigenvalue weighted by molar-refractivity contribution is -0.127. The number of hydrogen-bond donors (Lipinski definition) is 0. The number of carbonyl (C=O) groups is 2. The van der Waals surface area contributed by atoms with Crippen molar-refractivity contribution in [2.75, 3.05) is 6.54 Å². The van der Waals surface area contributed by atoms with Gasteiger partial charge in [0.25, 0.3) is 11.5 Å². The van der Waals surface area contributed by atoms with Crippen molar-refractivity contribution in [3.05, 3.63) is 68.3 Å². The van der Waals surface area contributed by atoms with Gasteiger partial charge >= 0.3 is 0 Å². The fourth-order valence-corrected chi connectivity index (χ4v) is 7.73. The Morgan fingerprint density at radius 2 is 2.03 bits per heavy atom. The Bertz CT molecular complexity index is 1400.